The van der Waals surface area contributed by atoms with Gasteiger partial charge in [0.1, 0.15) is 0 Å². The van der Waals surface area contributed by atoms with Gasteiger partial charge in [0.25, 0.3) is 0 Å². The van der Waals surface area contributed by atoms with Gasteiger partial charge in [-0.05, 0) is 12.1 Å². The second-order valence-electron chi connectivity index (χ2n) is 5.23. The standard InChI is InChI=1S/C16H20BNO3/c1-19-15-9-5-3-7-13(15)17(18-11-12-21-17)14-8-4-6-10-16(14)20-2/h3-10H,11-12,18H2,1-2H3. The van der Waals surface area contributed by atoms with Crippen LogP contribution in [0.1, 0.15) is 0 Å². The second kappa shape index (κ2) is 5.80. The van der Waals surface area contributed by atoms with Crippen molar-refractivity contribution in [2.45, 2.75) is 0 Å². The maximum atomic E-state index is 6.24. The first-order chi connectivity index (χ1) is 10.3. The molecule has 2 aromatic rings. The molecule has 0 bridgehead atoms. The third-order valence-electron chi connectivity index (χ3n) is 4.20. The highest BCUT2D eigenvalue weighted by Crippen LogP contribution is 2.17. The molecule has 0 atom stereocenters. The lowest BCUT2D eigenvalue weighted by Gasteiger charge is -2.33. The smallest absolute Gasteiger partial charge is 0.396 e. The molecule has 3 rings (SSSR count). The number of hydrogen-bond donors (Lipinski definition) is 1. The van der Waals surface area contributed by atoms with Crippen molar-refractivity contribution in [2.24, 2.45) is 0 Å². The molecule has 1 fully saturated rings. The summed E-state index contributed by atoms with van der Waals surface area (Å²) in [4.78, 5) is 0. The van der Waals surface area contributed by atoms with Crippen LogP contribution in [0.3, 0.4) is 0 Å². The molecule has 0 unspecified atom stereocenters. The molecule has 2 aromatic carbocycles. The van der Waals surface area contributed by atoms with Crippen molar-refractivity contribution >= 4 is 17.4 Å². The third kappa shape index (κ3) is 2.28. The molecular weight excluding hydrogens is 265 g/mol. The van der Waals surface area contributed by atoms with E-state index in [1.807, 2.05) is 36.4 Å². The lowest BCUT2D eigenvalue weighted by atomic mass is 9.42. The average Bonchev–Trinajstić information content (AvgIpc) is 3.05. The van der Waals surface area contributed by atoms with Crippen LogP contribution in [-0.2, 0) is 4.65 Å². The molecule has 0 radical (unpaired) electrons. The Labute approximate surface area is 125 Å². The number of para-hydroxylation sites is 2. The molecule has 0 aliphatic carbocycles. The van der Waals surface area contributed by atoms with Gasteiger partial charge in [-0.3, -0.25) is 0 Å². The van der Waals surface area contributed by atoms with Crippen LogP contribution in [0.2, 0.25) is 0 Å². The molecule has 110 valence electrons. The van der Waals surface area contributed by atoms with E-state index >= 15 is 0 Å². The van der Waals surface area contributed by atoms with E-state index in [1.54, 1.807) is 14.2 Å². The van der Waals surface area contributed by atoms with Crippen molar-refractivity contribution in [1.29, 1.82) is 0 Å². The van der Waals surface area contributed by atoms with Crippen molar-refractivity contribution in [3.8, 4) is 11.5 Å². The van der Waals surface area contributed by atoms with Gasteiger partial charge in [0, 0.05) is 0 Å². The van der Waals surface area contributed by atoms with Gasteiger partial charge in [0.15, 0.2) is 0 Å². The number of benzene rings is 2. The van der Waals surface area contributed by atoms with Crippen LogP contribution in [0, 0.1) is 0 Å². The Morgan fingerprint density at radius 2 is 1.43 bits per heavy atom. The van der Waals surface area contributed by atoms with Crippen LogP contribution >= 0.6 is 0 Å². The Kier molecular flexibility index (Phi) is 3.86. The minimum Gasteiger partial charge on any atom is -0.527 e. The van der Waals surface area contributed by atoms with Crippen molar-refractivity contribution in [1.82, 2.24) is 0 Å². The molecule has 0 aromatic heterocycles. The topological polar surface area (TPSA) is 44.3 Å². The largest absolute Gasteiger partial charge is 0.527 e. The van der Waals surface area contributed by atoms with Crippen molar-refractivity contribution < 1.29 is 19.4 Å². The summed E-state index contributed by atoms with van der Waals surface area (Å²) in [6, 6.07) is 16.1. The van der Waals surface area contributed by atoms with Gasteiger partial charge in [0.05, 0.1) is 38.9 Å². The van der Waals surface area contributed by atoms with E-state index in [0.29, 0.717) is 0 Å². The SMILES string of the molecule is COc1ccccc1[B-]1(c2ccccc2OC)[NH2+]CCO1. The predicted molar refractivity (Wildman–Crippen MR) is 83.8 cm³/mol. The Balaban J connectivity index is 2.21. The highest BCUT2D eigenvalue weighted by Gasteiger charge is 2.44. The lowest BCUT2D eigenvalue weighted by Crippen LogP contribution is -3.04. The summed E-state index contributed by atoms with van der Waals surface area (Å²) in [5, 5.41) is 2.26. The zero-order valence-corrected chi connectivity index (χ0v) is 12.4. The van der Waals surface area contributed by atoms with Crippen molar-refractivity contribution in [3.63, 3.8) is 0 Å². The van der Waals surface area contributed by atoms with Gasteiger partial charge in [-0.1, -0.05) is 47.3 Å². The van der Waals surface area contributed by atoms with Crippen molar-refractivity contribution in [3.05, 3.63) is 48.5 Å². The van der Waals surface area contributed by atoms with Gasteiger partial charge in [-0.25, -0.2) is 0 Å². The van der Waals surface area contributed by atoms with Gasteiger partial charge in [-0.15, -0.1) is 0 Å². The Hall–Kier alpha value is -1.98. The summed E-state index contributed by atoms with van der Waals surface area (Å²) in [6.07, 6.45) is 0. The zero-order chi connectivity index (χ0) is 14.7. The average molecular weight is 285 g/mol. The van der Waals surface area contributed by atoms with Gasteiger partial charge in [-0.2, -0.15) is 0 Å². The third-order valence-corrected chi connectivity index (χ3v) is 4.20. The first-order valence-corrected chi connectivity index (χ1v) is 7.22. The molecule has 2 N–H and O–H groups in total. The minimum atomic E-state index is -1.41. The maximum absolute atomic E-state index is 6.24. The predicted octanol–water partition coefficient (Wildman–Crippen LogP) is -0.146. The first-order valence-electron chi connectivity index (χ1n) is 7.22. The number of nitrogens with two attached hydrogens (primary N) is 1. The molecule has 0 amide bonds. The van der Waals surface area contributed by atoms with Gasteiger partial charge >= 0.3 is 6.48 Å². The maximum Gasteiger partial charge on any atom is 0.396 e. The summed E-state index contributed by atoms with van der Waals surface area (Å²) in [7, 11) is 3.39. The summed E-state index contributed by atoms with van der Waals surface area (Å²) in [5.74, 6) is 1.70. The molecule has 0 spiro atoms. The quantitative estimate of drug-likeness (QED) is 0.795. The molecular formula is C16H20BNO3. The van der Waals surface area contributed by atoms with Crippen LogP contribution in [0.5, 0.6) is 11.5 Å². The molecule has 1 saturated heterocycles. The van der Waals surface area contributed by atoms with E-state index in [9.17, 15) is 0 Å². The number of rotatable bonds is 4. The van der Waals surface area contributed by atoms with Crippen molar-refractivity contribution in [2.75, 3.05) is 27.4 Å². The van der Waals surface area contributed by atoms with Crippen LogP contribution in [-0.4, -0.2) is 33.9 Å². The Bertz CT molecular complexity index is 577. The normalized spacial score (nSPS) is 16.7. The minimum absolute atomic E-state index is 0.718. The van der Waals surface area contributed by atoms with Crippen LogP contribution < -0.4 is 25.6 Å². The summed E-state index contributed by atoms with van der Waals surface area (Å²) >= 11 is 0. The van der Waals surface area contributed by atoms with Gasteiger partial charge in [0.2, 0.25) is 0 Å². The molecule has 1 aliphatic heterocycles. The molecule has 0 saturated carbocycles. The lowest BCUT2D eigenvalue weighted by molar-refractivity contribution is -0.514. The van der Waals surface area contributed by atoms with E-state index in [0.717, 1.165) is 35.6 Å². The Morgan fingerprint density at radius 3 is 1.86 bits per heavy atom. The number of ether oxygens (including phenoxy) is 2. The first kappa shape index (κ1) is 14.0. The van der Waals surface area contributed by atoms with E-state index < -0.39 is 6.48 Å². The van der Waals surface area contributed by atoms with E-state index in [1.165, 1.54) is 0 Å². The highest BCUT2D eigenvalue weighted by molar-refractivity contribution is 6.92. The molecule has 5 heteroatoms. The molecule has 21 heavy (non-hydrogen) atoms. The van der Waals surface area contributed by atoms with Crippen LogP contribution in [0.4, 0.5) is 0 Å². The van der Waals surface area contributed by atoms with Crippen LogP contribution in [0.25, 0.3) is 0 Å². The van der Waals surface area contributed by atoms with Crippen LogP contribution in [0.15, 0.2) is 48.5 Å². The van der Waals surface area contributed by atoms with E-state index in [4.69, 9.17) is 14.1 Å². The molecule has 1 aliphatic rings. The van der Waals surface area contributed by atoms with Gasteiger partial charge < -0.3 is 19.4 Å². The highest BCUT2D eigenvalue weighted by atomic mass is 16.5. The van der Waals surface area contributed by atoms with E-state index in [-0.39, 0.29) is 0 Å². The molecule has 1 heterocycles. The zero-order valence-electron chi connectivity index (χ0n) is 12.4. The monoisotopic (exact) mass is 285 g/mol. The number of quaternary nitrogens is 1. The Morgan fingerprint density at radius 1 is 0.905 bits per heavy atom. The number of hydrogen-bond acceptors (Lipinski definition) is 3. The fraction of sp³-hybridized carbons (Fsp3) is 0.250. The van der Waals surface area contributed by atoms with E-state index in [2.05, 4.69) is 17.4 Å². The summed E-state index contributed by atoms with van der Waals surface area (Å²) in [6.45, 7) is 0.233. The summed E-state index contributed by atoms with van der Waals surface area (Å²) < 4.78 is 17.3. The second-order valence-corrected chi connectivity index (χ2v) is 5.23. The fourth-order valence-corrected chi connectivity index (χ4v) is 3.27. The number of methoxy groups -OCH3 is 2. The fourth-order valence-electron chi connectivity index (χ4n) is 3.27. The molecule has 4 nitrogen and oxygen atoms in total. The summed E-state index contributed by atoms with van der Waals surface area (Å²) in [5.41, 5.74) is 2.14.